The average Bonchev–Trinajstić information content (AvgIpc) is 2.58. The van der Waals surface area contributed by atoms with Gasteiger partial charge in [0.05, 0.1) is 26.0 Å². The van der Waals surface area contributed by atoms with Gasteiger partial charge in [-0.1, -0.05) is 0 Å². The Morgan fingerprint density at radius 3 is 2.55 bits per heavy atom. The molecule has 0 aromatic heterocycles. The minimum atomic E-state index is 0.200. The molecule has 2 fully saturated rings. The van der Waals surface area contributed by atoms with E-state index in [1.165, 1.54) is 0 Å². The normalized spacial score (nSPS) is 34.4. The molecule has 0 aromatic carbocycles. The third kappa shape index (κ3) is 1.70. The number of hydrogen-bond donors (Lipinski definition) is 2. The molecule has 1 atom stereocenters. The minimum Gasteiger partial charge on any atom is -0.376 e. The summed E-state index contributed by atoms with van der Waals surface area (Å²) >= 11 is 0. The topological polar surface area (TPSA) is 42.5 Å². The van der Waals surface area contributed by atoms with Crippen LogP contribution in [0.5, 0.6) is 0 Å². The van der Waals surface area contributed by atoms with Crippen LogP contribution >= 0.6 is 0 Å². The Kier molecular flexibility index (Phi) is 2.38. The molecule has 0 aliphatic carbocycles. The second kappa shape index (κ2) is 3.49. The van der Waals surface area contributed by atoms with E-state index in [1.807, 2.05) is 0 Å². The van der Waals surface area contributed by atoms with Crippen molar-refractivity contribution in [2.75, 3.05) is 32.9 Å². The van der Waals surface area contributed by atoms with Crippen molar-refractivity contribution in [3.8, 4) is 0 Å². The van der Waals surface area contributed by atoms with Crippen LogP contribution in [0, 0.1) is 0 Å². The van der Waals surface area contributed by atoms with Crippen molar-refractivity contribution in [2.45, 2.75) is 12.3 Å². The lowest BCUT2D eigenvalue weighted by atomic mass is 10.3. The van der Waals surface area contributed by atoms with Gasteiger partial charge in [-0.05, 0) is 0 Å². The van der Waals surface area contributed by atoms with Crippen LogP contribution in [0.25, 0.3) is 0 Å². The van der Waals surface area contributed by atoms with Crippen molar-refractivity contribution >= 4 is 0 Å². The zero-order valence-corrected chi connectivity index (χ0v) is 6.51. The van der Waals surface area contributed by atoms with E-state index in [4.69, 9.17) is 9.47 Å². The molecule has 0 aromatic rings. The monoisotopic (exact) mass is 158 g/mol. The van der Waals surface area contributed by atoms with E-state index in [-0.39, 0.29) is 6.10 Å². The predicted molar refractivity (Wildman–Crippen MR) is 40.4 cm³/mol. The summed E-state index contributed by atoms with van der Waals surface area (Å²) in [5.74, 6) is 0. The highest BCUT2D eigenvalue weighted by atomic mass is 16.6. The SMILES string of the molecule is C1CNC(C2COCCO2)N1. The fourth-order valence-electron chi connectivity index (χ4n) is 1.49. The van der Waals surface area contributed by atoms with Crippen molar-refractivity contribution in [3.05, 3.63) is 0 Å². The summed E-state index contributed by atoms with van der Waals surface area (Å²) in [5.41, 5.74) is 0. The molecule has 0 spiro atoms. The van der Waals surface area contributed by atoms with Crippen molar-refractivity contribution in [1.29, 1.82) is 0 Å². The third-order valence-corrected chi connectivity index (χ3v) is 2.07. The molecule has 11 heavy (non-hydrogen) atoms. The van der Waals surface area contributed by atoms with Gasteiger partial charge in [0, 0.05) is 13.1 Å². The smallest absolute Gasteiger partial charge is 0.109 e. The summed E-state index contributed by atoms with van der Waals surface area (Å²) in [5, 5.41) is 6.62. The molecule has 0 bridgehead atoms. The van der Waals surface area contributed by atoms with Crippen LogP contribution in [-0.4, -0.2) is 45.2 Å². The number of rotatable bonds is 1. The fourth-order valence-corrected chi connectivity index (χ4v) is 1.49. The van der Waals surface area contributed by atoms with Crippen LogP contribution in [0.3, 0.4) is 0 Å². The zero-order chi connectivity index (χ0) is 7.52. The summed E-state index contributed by atoms with van der Waals surface area (Å²) in [6.07, 6.45) is 0.501. The molecule has 64 valence electrons. The molecule has 2 aliphatic rings. The van der Waals surface area contributed by atoms with Crippen molar-refractivity contribution in [3.63, 3.8) is 0 Å². The first kappa shape index (κ1) is 7.49. The zero-order valence-electron chi connectivity index (χ0n) is 6.51. The van der Waals surface area contributed by atoms with E-state index in [1.54, 1.807) is 0 Å². The Bertz CT molecular complexity index is 120. The highest BCUT2D eigenvalue weighted by Gasteiger charge is 2.26. The number of nitrogens with one attached hydrogen (secondary N) is 2. The molecule has 2 N–H and O–H groups in total. The molecule has 1 unspecified atom stereocenters. The lowest BCUT2D eigenvalue weighted by Crippen LogP contribution is -2.49. The van der Waals surface area contributed by atoms with Crippen LogP contribution in [-0.2, 0) is 9.47 Å². The van der Waals surface area contributed by atoms with E-state index in [0.717, 1.165) is 26.3 Å². The van der Waals surface area contributed by atoms with Crippen LogP contribution in [0.1, 0.15) is 0 Å². The Morgan fingerprint density at radius 2 is 1.91 bits per heavy atom. The summed E-state index contributed by atoms with van der Waals surface area (Å²) in [7, 11) is 0. The molecule has 2 saturated heterocycles. The Hall–Kier alpha value is -0.160. The van der Waals surface area contributed by atoms with Gasteiger partial charge in [-0.25, -0.2) is 0 Å². The first-order chi connectivity index (χ1) is 5.47. The highest BCUT2D eigenvalue weighted by molar-refractivity contribution is 4.81. The van der Waals surface area contributed by atoms with Crippen LogP contribution in [0.4, 0.5) is 0 Å². The minimum absolute atomic E-state index is 0.200. The van der Waals surface area contributed by atoms with Gasteiger partial charge in [0.1, 0.15) is 6.10 Å². The summed E-state index contributed by atoms with van der Waals surface area (Å²) in [4.78, 5) is 0. The molecule has 4 nitrogen and oxygen atoms in total. The molecule has 0 amide bonds. The quantitative estimate of drug-likeness (QED) is 0.509. The Morgan fingerprint density at radius 1 is 1.09 bits per heavy atom. The van der Waals surface area contributed by atoms with Crippen molar-refractivity contribution in [1.82, 2.24) is 10.6 Å². The van der Waals surface area contributed by atoms with Gasteiger partial charge in [0.15, 0.2) is 0 Å². The fraction of sp³-hybridized carbons (Fsp3) is 1.00. The first-order valence-electron chi connectivity index (χ1n) is 4.13. The molecular weight excluding hydrogens is 144 g/mol. The van der Waals surface area contributed by atoms with E-state index in [0.29, 0.717) is 12.8 Å². The first-order valence-corrected chi connectivity index (χ1v) is 4.13. The lowest BCUT2D eigenvalue weighted by Gasteiger charge is -2.27. The van der Waals surface area contributed by atoms with Gasteiger partial charge < -0.3 is 9.47 Å². The van der Waals surface area contributed by atoms with Crippen LogP contribution < -0.4 is 10.6 Å². The summed E-state index contributed by atoms with van der Waals surface area (Å²) < 4.78 is 10.8. The second-order valence-corrected chi connectivity index (χ2v) is 2.87. The van der Waals surface area contributed by atoms with Gasteiger partial charge in [-0.3, -0.25) is 10.6 Å². The molecular formula is C7H14N2O2. The van der Waals surface area contributed by atoms with E-state index in [9.17, 15) is 0 Å². The molecule has 0 saturated carbocycles. The summed E-state index contributed by atoms with van der Waals surface area (Å²) in [6.45, 7) is 4.24. The van der Waals surface area contributed by atoms with E-state index in [2.05, 4.69) is 10.6 Å². The Balaban J connectivity index is 1.82. The van der Waals surface area contributed by atoms with E-state index >= 15 is 0 Å². The number of hydrogen-bond acceptors (Lipinski definition) is 4. The lowest BCUT2D eigenvalue weighted by molar-refractivity contribution is -0.102. The van der Waals surface area contributed by atoms with Gasteiger partial charge >= 0.3 is 0 Å². The van der Waals surface area contributed by atoms with Gasteiger partial charge in [0.25, 0.3) is 0 Å². The molecule has 4 heteroatoms. The van der Waals surface area contributed by atoms with Crippen LogP contribution in [0.2, 0.25) is 0 Å². The van der Waals surface area contributed by atoms with Gasteiger partial charge in [-0.2, -0.15) is 0 Å². The van der Waals surface area contributed by atoms with Crippen molar-refractivity contribution in [2.24, 2.45) is 0 Å². The van der Waals surface area contributed by atoms with Gasteiger partial charge in [0.2, 0.25) is 0 Å². The maximum atomic E-state index is 5.51. The van der Waals surface area contributed by atoms with Crippen molar-refractivity contribution < 1.29 is 9.47 Å². The highest BCUT2D eigenvalue weighted by Crippen LogP contribution is 2.05. The van der Waals surface area contributed by atoms with Gasteiger partial charge in [-0.15, -0.1) is 0 Å². The maximum Gasteiger partial charge on any atom is 0.109 e. The molecule has 2 rings (SSSR count). The molecule has 2 aliphatic heterocycles. The second-order valence-electron chi connectivity index (χ2n) is 2.87. The Labute approximate surface area is 66.2 Å². The van der Waals surface area contributed by atoms with E-state index < -0.39 is 0 Å². The molecule has 2 heterocycles. The molecule has 0 radical (unpaired) electrons. The largest absolute Gasteiger partial charge is 0.376 e. The average molecular weight is 158 g/mol. The number of ether oxygens (including phenoxy) is 2. The maximum absolute atomic E-state index is 5.51. The summed E-state index contributed by atoms with van der Waals surface area (Å²) in [6, 6.07) is 0. The standard InChI is InChI=1S/C7H14N2O2/c1-2-9-7(8-1)6-5-10-3-4-11-6/h6-9H,1-5H2. The van der Waals surface area contributed by atoms with Crippen LogP contribution in [0.15, 0.2) is 0 Å². The predicted octanol–water partition coefficient (Wildman–Crippen LogP) is -1.08. The third-order valence-electron chi connectivity index (χ3n) is 2.07.